The van der Waals surface area contributed by atoms with E-state index in [1.54, 1.807) is 16.5 Å². The molecule has 4 heterocycles. The molecule has 1 saturated heterocycles. The van der Waals surface area contributed by atoms with E-state index >= 15 is 0 Å². The van der Waals surface area contributed by atoms with E-state index in [9.17, 15) is 13.2 Å². The van der Waals surface area contributed by atoms with Gasteiger partial charge in [-0.15, -0.1) is 0 Å². The lowest BCUT2D eigenvalue weighted by molar-refractivity contribution is 0.0691. The summed E-state index contributed by atoms with van der Waals surface area (Å²) in [5, 5.41) is 4.47. The van der Waals surface area contributed by atoms with Crippen LogP contribution < -0.4 is 0 Å². The molecule has 4 rings (SSSR count). The minimum Gasteiger partial charge on any atom is -0.339 e. The Balaban J connectivity index is 1.43. The number of amides is 1. The number of imidazole rings is 1. The molecule has 0 aliphatic carbocycles. The van der Waals surface area contributed by atoms with Crippen LogP contribution in [0.15, 0.2) is 23.6 Å². The molecule has 2 aliphatic rings. The summed E-state index contributed by atoms with van der Waals surface area (Å²) in [4.78, 5) is 18.3. The highest BCUT2D eigenvalue weighted by Gasteiger charge is 2.32. The molecule has 0 aromatic carbocycles. The lowest BCUT2D eigenvalue weighted by Crippen LogP contribution is -2.50. The van der Waals surface area contributed by atoms with Crippen molar-refractivity contribution in [2.24, 2.45) is 7.05 Å². The Labute approximate surface area is 152 Å². The fraction of sp³-hybridized carbons (Fsp3) is 0.562. The predicted octanol–water partition coefficient (Wildman–Crippen LogP) is 0.0996. The second kappa shape index (κ2) is 6.51. The number of sulfonamides is 1. The zero-order valence-electron chi connectivity index (χ0n) is 14.7. The molecule has 2 aromatic heterocycles. The normalized spacial score (nSPS) is 18.7. The number of carbonyl (C=O) groups is 1. The molecule has 1 fully saturated rings. The van der Waals surface area contributed by atoms with Gasteiger partial charge in [0, 0.05) is 51.7 Å². The smallest absolute Gasteiger partial charge is 0.274 e. The Kier molecular flexibility index (Phi) is 4.31. The zero-order valence-corrected chi connectivity index (χ0v) is 15.5. The monoisotopic (exact) mass is 378 g/mol. The van der Waals surface area contributed by atoms with Crippen molar-refractivity contribution in [1.29, 1.82) is 0 Å². The van der Waals surface area contributed by atoms with Crippen LogP contribution >= 0.6 is 0 Å². The molecule has 9 nitrogen and oxygen atoms in total. The van der Waals surface area contributed by atoms with Crippen molar-refractivity contribution in [3.63, 3.8) is 0 Å². The summed E-state index contributed by atoms with van der Waals surface area (Å²) in [6.07, 6.45) is 6.13. The first-order chi connectivity index (χ1) is 12.4. The van der Waals surface area contributed by atoms with Crippen LogP contribution in [-0.2, 0) is 30.0 Å². The van der Waals surface area contributed by atoms with Crippen LogP contribution in [0.4, 0.5) is 0 Å². The highest BCUT2D eigenvalue weighted by atomic mass is 32.2. The quantitative estimate of drug-likeness (QED) is 0.755. The largest absolute Gasteiger partial charge is 0.339 e. The number of rotatable bonds is 3. The molecule has 10 heteroatoms. The van der Waals surface area contributed by atoms with Crippen molar-refractivity contribution in [2.45, 2.75) is 30.8 Å². The van der Waals surface area contributed by atoms with Gasteiger partial charge in [0.2, 0.25) is 0 Å². The lowest BCUT2D eigenvalue weighted by atomic mass is 10.1. The molecule has 2 aliphatic heterocycles. The molecule has 0 radical (unpaired) electrons. The Morgan fingerprint density at radius 1 is 1.12 bits per heavy atom. The second-order valence-corrected chi connectivity index (χ2v) is 8.66. The first-order valence-corrected chi connectivity index (χ1v) is 10.2. The van der Waals surface area contributed by atoms with Crippen molar-refractivity contribution in [1.82, 2.24) is 28.5 Å². The first kappa shape index (κ1) is 17.2. The van der Waals surface area contributed by atoms with Gasteiger partial charge in [0.25, 0.3) is 15.9 Å². The number of fused-ring (bicyclic) bond motifs is 1. The summed E-state index contributed by atoms with van der Waals surface area (Å²) in [6.45, 7) is 2.09. The van der Waals surface area contributed by atoms with Gasteiger partial charge in [-0.1, -0.05) is 0 Å². The fourth-order valence-electron chi connectivity index (χ4n) is 3.47. The van der Waals surface area contributed by atoms with Crippen LogP contribution in [0.25, 0.3) is 0 Å². The SMILES string of the molecule is Cn1cnc(S(=O)(=O)N2CCN(C(=O)c3cc4n(n3)CCCC4)CC2)c1. The molecule has 0 bridgehead atoms. The van der Waals surface area contributed by atoms with Gasteiger partial charge < -0.3 is 9.47 Å². The minimum absolute atomic E-state index is 0.0431. The van der Waals surface area contributed by atoms with Gasteiger partial charge >= 0.3 is 0 Å². The van der Waals surface area contributed by atoms with E-state index in [2.05, 4.69) is 10.1 Å². The summed E-state index contributed by atoms with van der Waals surface area (Å²) in [7, 11) is -1.88. The van der Waals surface area contributed by atoms with Gasteiger partial charge in [0.1, 0.15) is 0 Å². The van der Waals surface area contributed by atoms with Gasteiger partial charge in [-0.25, -0.2) is 13.4 Å². The third kappa shape index (κ3) is 3.03. The van der Waals surface area contributed by atoms with E-state index in [4.69, 9.17) is 0 Å². The summed E-state index contributed by atoms with van der Waals surface area (Å²) in [5.74, 6) is -0.123. The molecular weight excluding hydrogens is 356 g/mol. The van der Waals surface area contributed by atoms with E-state index < -0.39 is 10.0 Å². The van der Waals surface area contributed by atoms with E-state index in [0.717, 1.165) is 31.5 Å². The molecular formula is C16H22N6O3S. The Bertz CT molecular complexity index is 900. The average Bonchev–Trinajstić information content (AvgIpc) is 3.27. The average molecular weight is 378 g/mol. The fourth-order valence-corrected chi connectivity index (χ4v) is 4.86. The molecule has 0 saturated carbocycles. The molecule has 140 valence electrons. The van der Waals surface area contributed by atoms with Crippen molar-refractivity contribution < 1.29 is 13.2 Å². The summed E-state index contributed by atoms with van der Waals surface area (Å²) >= 11 is 0. The standard InChI is InChI=1S/C16H22N6O3S/c1-19-11-15(17-12-19)26(24,25)21-8-6-20(7-9-21)16(23)14-10-13-4-2-3-5-22(13)18-14/h10-12H,2-9H2,1H3. The van der Waals surface area contributed by atoms with Gasteiger partial charge in [0.15, 0.2) is 10.7 Å². The molecule has 0 N–H and O–H groups in total. The van der Waals surface area contributed by atoms with Crippen LogP contribution in [0.1, 0.15) is 29.0 Å². The topological polar surface area (TPSA) is 93.3 Å². The number of carbonyl (C=O) groups excluding carboxylic acids is 1. The van der Waals surface area contributed by atoms with Gasteiger partial charge in [0.05, 0.1) is 6.33 Å². The van der Waals surface area contributed by atoms with Crippen LogP contribution in [0.2, 0.25) is 0 Å². The Morgan fingerprint density at radius 3 is 2.54 bits per heavy atom. The van der Waals surface area contributed by atoms with Gasteiger partial charge in [-0.3, -0.25) is 9.48 Å². The second-order valence-electron chi connectivity index (χ2n) is 6.77. The number of aryl methyl sites for hydroxylation is 3. The first-order valence-electron chi connectivity index (χ1n) is 8.79. The number of aromatic nitrogens is 4. The summed E-state index contributed by atoms with van der Waals surface area (Å²) in [5.41, 5.74) is 1.57. The van der Waals surface area contributed by atoms with E-state index in [0.29, 0.717) is 18.8 Å². The van der Waals surface area contributed by atoms with Crippen LogP contribution in [0.3, 0.4) is 0 Å². The van der Waals surface area contributed by atoms with Crippen LogP contribution in [0, 0.1) is 0 Å². The van der Waals surface area contributed by atoms with E-state index in [-0.39, 0.29) is 24.0 Å². The molecule has 2 aromatic rings. The molecule has 26 heavy (non-hydrogen) atoms. The Hall–Kier alpha value is -2.20. The number of hydrogen-bond acceptors (Lipinski definition) is 5. The highest BCUT2D eigenvalue weighted by Crippen LogP contribution is 2.19. The van der Waals surface area contributed by atoms with Crippen molar-refractivity contribution in [3.05, 3.63) is 30.0 Å². The minimum atomic E-state index is -3.61. The van der Waals surface area contributed by atoms with Crippen molar-refractivity contribution >= 4 is 15.9 Å². The highest BCUT2D eigenvalue weighted by molar-refractivity contribution is 7.89. The van der Waals surface area contributed by atoms with Gasteiger partial charge in [-0.05, 0) is 25.3 Å². The maximum atomic E-state index is 12.7. The lowest BCUT2D eigenvalue weighted by Gasteiger charge is -2.33. The number of piperazine rings is 1. The molecule has 0 unspecified atom stereocenters. The van der Waals surface area contributed by atoms with Crippen molar-refractivity contribution in [3.8, 4) is 0 Å². The zero-order chi connectivity index (χ0) is 18.3. The van der Waals surface area contributed by atoms with E-state index in [1.165, 1.54) is 16.8 Å². The van der Waals surface area contributed by atoms with Gasteiger partial charge in [-0.2, -0.15) is 9.40 Å². The number of hydrogen-bond donors (Lipinski definition) is 0. The Morgan fingerprint density at radius 2 is 1.88 bits per heavy atom. The van der Waals surface area contributed by atoms with Crippen molar-refractivity contribution in [2.75, 3.05) is 26.2 Å². The molecule has 0 spiro atoms. The maximum Gasteiger partial charge on any atom is 0.274 e. The summed E-state index contributed by atoms with van der Waals surface area (Å²) < 4.78 is 30.1. The molecule has 1 amide bonds. The third-order valence-corrected chi connectivity index (χ3v) is 6.73. The third-order valence-electron chi connectivity index (χ3n) is 4.95. The van der Waals surface area contributed by atoms with E-state index in [1.807, 2.05) is 10.7 Å². The number of nitrogens with zero attached hydrogens (tertiary/aromatic N) is 6. The maximum absolute atomic E-state index is 12.7. The van der Waals surface area contributed by atoms with Crippen LogP contribution in [0.5, 0.6) is 0 Å². The van der Waals surface area contributed by atoms with Crippen LogP contribution in [-0.4, -0.2) is 69.0 Å². The summed E-state index contributed by atoms with van der Waals surface area (Å²) in [6, 6.07) is 1.87. The molecule has 0 atom stereocenters. The predicted molar refractivity (Wildman–Crippen MR) is 93.0 cm³/mol.